The van der Waals surface area contributed by atoms with Crippen molar-refractivity contribution in [3.8, 4) is 5.75 Å². The number of aromatic nitrogens is 2. The first-order valence-electron chi connectivity index (χ1n) is 9.49. The fourth-order valence-corrected chi connectivity index (χ4v) is 4.85. The van der Waals surface area contributed by atoms with E-state index < -0.39 is 5.54 Å². The van der Waals surface area contributed by atoms with Crippen LogP contribution in [0.3, 0.4) is 0 Å². The zero-order chi connectivity index (χ0) is 22.0. The van der Waals surface area contributed by atoms with Gasteiger partial charge < -0.3 is 15.4 Å². The van der Waals surface area contributed by atoms with E-state index in [9.17, 15) is 9.59 Å². The van der Waals surface area contributed by atoms with Gasteiger partial charge in [0.2, 0.25) is 16.9 Å². The lowest BCUT2D eigenvalue weighted by atomic mass is 9.96. The van der Waals surface area contributed by atoms with Gasteiger partial charge in [0, 0.05) is 11.8 Å². The predicted molar refractivity (Wildman–Crippen MR) is 124 cm³/mol. The van der Waals surface area contributed by atoms with Gasteiger partial charge in [-0.3, -0.25) is 14.5 Å². The van der Waals surface area contributed by atoms with Crippen molar-refractivity contribution in [1.29, 1.82) is 0 Å². The molecule has 2 heterocycles. The highest BCUT2D eigenvalue weighted by atomic mass is 32.2. The van der Waals surface area contributed by atoms with Crippen molar-refractivity contribution in [2.24, 2.45) is 0 Å². The first-order chi connectivity index (χ1) is 14.9. The highest BCUT2D eigenvalue weighted by Gasteiger charge is 2.43. The molecular formula is C21H21N5O3S2. The topological polar surface area (TPSA) is 96.4 Å². The number of hydrogen-bond donors (Lipinski definition) is 2. The lowest BCUT2D eigenvalue weighted by molar-refractivity contribution is -0.125. The van der Waals surface area contributed by atoms with Crippen LogP contribution in [0.2, 0.25) is 0 Å². The molecule has 3 aromatic rings. The quantitative estimate of drug-likeness (QED) is 0.539. The van der Waals surface area contributed by atoms with E-state index in [-0.39, 0.29) is 17.6 Å². The molecule has 2 aromatic carbocycles. The van der Waals surface area contributed by atoms with Gasteiger partial charge in [-0.2, -0.15) is 0 Å². The van der Waals surface area contributed by atoms with Gasteiger partial charge in [0.25, 0.3) is 0 Å². The molecule has 2 N–H and O–H groups in total. The van der Waals surface area contributed by atoms with E-state index in [0.717, 1.165) is 11.4 Å². The van der Waals surface area contributed by atoms with Crippen LogP contribution in [0.25, 0.3) is 0 Å². The van der Waals surface area contributed by atoms with E-state index >= 15 is 0 Å². The van der Waals surface area contributed by atoms with E-state index in [1.807, 2.05) is 42.5 Å². The number of amides is 2. The third-order valence-corrected chi connectivity index (χ3v) is 6.76. The number of carbonyl (C=O) groups excluding carboxylic acids is 2. The Morgan fingerprint density at radius 2 is 2.03 bits per heavy atom. The van der Waals surface area contributed by atoms with Gasteiger partial charge >= 0.3 is 0 Å². The Balaban J connectivity index is 1.45. The van der Waals surface area contributed by atoms with E-state index in [1.165, 1.54) is 23.1 Å². The molecule has 0 saturated carbocycles. The van der Waals surface area contributed by atoms with Gasteiger partial charge in [-0.1, -0.05) is 41.3 Å². The van der Waals surface area contributed by atoms with Crippen molar-refractivity contribution in [2.75, 3.05) is 28.4 Å². The minimum atomic E-state index is -0.994. The Bertz CT molecular complexity index is 1130. The number of thioether (sulfide) groups is 1. The molecule has 10 heteroatoms. The molecule has 160 valence electrons. The fourth-order valence-electron chi connectivity index (χ4n) is 3.23. The molecule has 0 bridgehead atoms. The van der Waals surface area contributed by atoms with Crippen LogP contribution in [0, 0.1) is 0 Å². The second-order valence-corrected chi connectivity index (χ2v) is 9.48. The number of nitrogens with one attached hydrogen (secondary N) is 2. The summed E-state index contributed by atoms with van der Waals surface area (Å²) in [5.74, 6) is 0.488. The number of hydrogen-bond acceptors (Lipinski definition) is 8. The zero-order valence-corrected chi connectivity index (χ0v) is 18.8. The first-order valence-corrected chi connectivity index (χ1v) is 11.3. The Labute approximate surface area is 188 Å². The molecule has 2 amide bonds. The number of anilines is 4. The standard InChI is InChI=1S/C21H21N5O3S2/c1-21(2)18(28)23-15-9-4-5-10-16(15)26(21)17(27)12-30-20-25-24-19(31-20)22-13-7-6-8-14(11-13)29-3/h4-11H,12H2,1-3H3,(H,22,24)(H,23,28). The third-order valence-electron chi connectivity index (χ3n) is 4.80. The molecule has 0 fully saturated rings. The maximum atomic E-state index is 13.1. The number of benzene rings is 2. The van der Waals surface area contributed by atoms with Crippen LogP contribution in [0.15, 0.2) is 52.9 Å². The van der Waals surface area contributed by atoms with Crippen molar-refractivity contribution < 1.29 is 14.3 Å². The predicted octanol–water partition coefficient (Wildman–Crippen LogP) is 4.15. The lowest BCUT2D eigenvalue weighted by Gasteiger charge is -2.42. The minimum Gasteiger partial charge on any atom is -0.497 e. The van der Waals surface area contributed by atoms with Crippen LogP contribution in [-0.4, -0.2) is 40.4 Å². The van der Waals surface area contributed by atoms with E-state index in [0.29, 0.717) is 20.8 Å². The fraction of sp³-hybridized carbons (Fsp3) is 0.238. The lowest BCUT2D eigenvalue weighted by Crippen LogP contribution is -2.58. The summed E-state index contributed by atoms with van der Waals surface area (Å²) in [5.41, 5.74) is 1.16. The molecule has 0 radical (unpaired) electrons. The van der Waals surface area contributed by atoms with E-state index in [2.05, 4.69) is 20.8 Å². The SMILES string of the molecule is COc1cccc(Nc2nnc(SCC(=O)N3c4ccccc4NC(=O)C3(C)C)s2)c1. The Morgan fingerprint density at radius 3 is 2.84 bits per heavy atom. The smallest absolute Gasteiger partial charge is 0.250 e. The summed E-state index contributed by atoms with van der Waals surface area (Å²) in [6.45, 7) is 3.48. The zero-order valence-electron chi connectivity index (χ0n) is 17.2. The molecule has 8 nitrogen and oxygen atoms in total. The Morgan fingerprint density at radius 1 is 1.23 bits per heavy atom. The van der Waals surface area contributed by atoms with Gasteiger partial charge in [-0.15, -0.1) is 10.2 Å². The van der Waals surface area contributed by atoms with Crippen molar-refractivity contribution in [1.82, 2.24) is 10.2 Å². The van der Waals surface area contributed by atoms with Gasteiger partial charge in [0.05, 0.1) is 24.2 Å². The highest BCUT2D eigenvalue weighted by Crippen LogP contribution is 2.37. The second-order valence-electron chi connectivity index (χ2n) is 7.28. The summed E-state index contributed by atoms with van der Waals surface area (Å²) in [6.07, 6.45) is 0. The van der Waals surface area contributed by atoms with E-state index in [1.54, 1.807) is 31.9 Å². The van der Waals surface area contributed by atoms with Crippen LogP contribution >= 0.6 is 23.1 Å². The summed E-state index contributed by atoms with van der Waals surface area (Å²) >= 11 is 2.65. The number of nitrogens with zero attached hydrogens (tertiary/aromatic N) is 3. The summed E-state index contributed by atoms with van der Waals surface area (Å²) in [6, 6.07) is 14.8. The summed E-state index contributed by atoms with van der Waals surface area (Å²) in [5, 5.41) is 15.0. The van der Waals surface area contributed by atoms with Gasteiger partial charge in [0.1, 0.15) is 11.3 Å². The van der Waals surface area contributed by atoms with Crippen LogP contribution < -0.4 is 20.3 Å². The molecule has 0 unspecified atom stereocenters. The van der Waals surface area contributed by atoms with Crippen molar-refractivity contribution in [2.45, 2.75) is 23.7 Å². The molecule has 1 aliphatic heterocycles. The van der Waals surface area contributed by atoms with Crippen LogP contribution in [0.5, 0.6) is 5.75 Å². The molecule has 0 spiro atoms. The van der Waals surface area contributed by atoms with Crippen molar-refractivity contribution in [3.05, 3.63) is 48.5 Å². The number of fused-ring (bicyclic) bond motifs is 1. The molecule has 1 aliphatic rings. The van der Waals surface area contributed by atoms with Gasteiger partial charge in [-0.05, 0) is 38.1 Å². The summed E-state index contributed by atoms with van der Waals surface area (Å²) in [7, 11) is 1.61. The Hall–Kier alpha value is -3.11. The summed E-state index contributed by atoms with van der Waals surface area (Å²) in [4.78, 5) is 27.2. The van der Waals surface area contributed by atoms with Crippen LogP contribution in [-0.2, 0) is 9.59 Å². The minimum absolute atomic E-state index is 0.138. The maximum absolute atomic E-state index is 13.1. The number of carbonyl (C=O) groups is 2. The normalized spacial score (nSPS) is 14.5. The Kier molecular flexibility index (Phi) is 5.84. The van der Waals surface area contributed by atoms with Crippen molar-refractivity contribution >= 4 is 57.1 Å². The van der Waals surface area contributed by atoms with Crippen LogP contribution in [0.1, 0.15) is 13.8 Å². The highest BCUT2D eigenvalue weighted by molar-refractivity contribution is 8.01. The van der Waals surface area contributed by atoms with Crippen molar-refractivity contribution in [3.63, 3.8) is 0 Å². The molecule has 4 rings (SSSR count). The maximum Gasteiger partial charge on any atom is 0.250 e. The number of ether oxygens (including phenoxy) is 1. The first kappa shape index (κ1) is 21.1. The largest absolute Gasteiger partial charge is 0.497 e. The van der Waals surface area contributed by atoms with Crippen LogP contribution in [0.4, 0.5) is 22.2 Å². The molecule has 0 saturated heterocycles. The molecular weight excluding hydrogens is 434 g/mol. The molecule has 1 aromatic heterocycles. The molecule has 31 heavy (non-hydrogen) atoms. The molecule has 0 atom stereocenters. The average Bonchev–Trinajstić information content (AvgIpc) is 3.20. The number of methoxy groups -OCH3 is 1. The summed E-state index contributed by atoms with van der Waals surface area (Å²) < 4.78 is 5.88. The number of rotatable bonds is 6. The number of para-hydroxylation sites is 2. The van der Waals surface area contributed by atoms with E-state index in [4.69, 9.17) is 4.74 Å². The molecule has 0 aliphatic carbocycles. The van der Waals surface area contributed by atoms with Gasteiger partial charge in [0.15, 0.2) is 4.34 Å². The second kappa shape index (κ2) is 8.56. The average molecular weight is 456 g/mol. The monoisotopic (exact) mass is 455 g/mol. The van der Waals surface area contributed by atoms with Gasteiger partial charge in [-0.25, -0.2) is 0 Å². The third kappa shape index (κ3) is 4.35.